The van der Waals surface area contributed by atoms with E-state index in [1.807, 2.05) is 4.90 Å². The molecule has 0 atom stereocenters. The molecule has 1 amide bonds. The number of rotatable bonds is 2. The van der Waals surface area contributed by atoms with Crippen LogP contribution in [-0.4, -0.2) is 35.9 Å². The first kappa shape index (κ1) is 14.1. The van der Waals surface area contributed by atoms with Crippen LogP contribution in [0.5, 0.6) is 0 Å². The Balaban J connectivity index is 2.15. The van der Waals surface area contributed by atoms with Gasteiger partial charge in [-0.2, -0.15) is 0 Å². The van der Waals surface area contributed by atoms with Crippen molar-refractivity contribution in [3.05, 3.63) is 22.8 Å². The summed E-state index contributed by atoms with van der Waals surface area (Å²) < 4.78 is 0. The second-order valence-corrected chi connectivity index (χ2v) is 5.26. The number of nitrogens with zero attached hydrogens (tertiary/aromatic N) is 2. The van der Waals surface area contributed by atoms with Gasteiger partial charge in [0.1, 0.15) is 11.0 Å². The van der Waals surface area contributed by atoms with Crippen LogP contribution in [0.3, 0.4) is 0 Å². The molecule has 1 aromatic heterocycles. The smallest absolute Gasteiger partial charge is 0.254 e. The standard InChI is InChI=1S/C14H20ClN3O/c1-16-13-10-11(9-12(15)17-13)14(19)18-7-5-3-2-4-6-8-18/h9-10H,2-8H2,1H3,(H,16,17). The first-order valence-corrected chi connectivity index (χ1v) is 7.23. The highest BCUT2D eigenvalue weighted by Gasteiger charge is 2.17. The molecule has 1 N–H and O–H groups in total. The maximum Gasteiger partial charge on any atom is 0.254 e. The molecule has 0 bridgehead atoms. The molecule has 1 aromatic rings. The zero-order chi connectivity index (χ0) is 13.7. The minimum absolute atomic E-state index is 0.0581. The fraction of sp³-hybridized carbons (Fsp3) is 0.571. The molecule has 1 aliphatic rings. The van der Waals surface area contributed by atoms with Gasteiger partial charge in [0.15, 0.2) is 0 Å². The van der Waals surface area contributed by atoms with Crippen LogP contribution in [-0.2, 0) is 0 Å². The van der Waals surface area contributed by atoms with Crippen molar-refractivity contribution in [3.63, 3.8) is 0 Å². The monoisotopic (exact) mass is 281 g/mol. The van der Waals surface area contributed by atoms with E-state index < -0.39 is 0 Å². The Morgan fingerprint density at radius 2 is 1.84 bits per heavy atom. The van der Waals surface area contributed by atoms with Gasteiger partial charge in [0, 0.05) is 25.7 Å². The van der Waals surface area contributed by atoms with Crippen molar-refractivity contribution < 1.29 is 4.79 Å². The average Bonchev–Trinajstić information content (AvgIpc) is 2.37. The van der Waals surface area contributed by atoms with Gasteiger partial charge in [-0.3, -0.25) is 4.79 Å². The third-order valence-corrected chi connectivity index (χ3v) is 3.63. The summed E-state index contributed by atoms with van der Waals surface area (Å²) in [5, 5.41) is 3.27. The SMILES string of the molecule is CNc1cc(C(=O)N2CCCCCCC2)cc(Cl)n1. The molecular weight excluding hydrogens is 262 g/mol. The number of hydrogen-bond donors (Lipinski definition) is 1. The molecule has 0 aromatic carbocycles. The molecule has 1 fully saturated rings. The maximum absolute atomic E-state index is 12.5. The number of pyridine rings is 1. The van der Waals surface area contributed by atoms with Crippen molar-refractivity contribution in [2.75, 3.05) is 25.5 Å². The number of carbonyl (C=O) groups excluding carboxylic acids is 1. The van der Waals surface area contributed by atoms with Crippen LogP contribution in [0.15, 0.2) is 12.1 Å². The van der Waals surface area contributed by atoms with Gasteiger partial charge < -0.3 is 10.2 Å². The Kier molecular flexibility index (Phi) is 5.02. The number of carbonyl (C=O) groups is 1. The minimum Gasteiger partial charge on any atom is -0.373 e. The van der Waals surface area contributed by atoms with Crippen LogP contribution in [0.25, 0.3) is 0 Å². The van der Waals surface area contributed by atoms with Crippen molar-refractivity contribution in [3.8, 4) is 0 Å². The van der Waals surface area contributed by atoms with Crippen molar-refractivity contribution >= 4 is 23.3 Å². The van der Waals surface area contributed by atoms with Crippen molar-refractivity contribution in [2.24, 2.45) is 0 Å². The van der Waals surface area contributed by atoms with Gasteiger partial charge in [0.2, 0.25) is 0 Å². The first-order chi connectivity index (χ1) is 9.20. The second-order valence-electron chi connectivity index (χ2n) is 4.87. The van der Waals surface area contributed by atoms with E-state index in [2.05, 4.69) is 10.3 Å². The van der Waals surface area contributed by atoms with Crippen LogP contribution in [0, 0.1) is 0 Å². The summed E-state index contributed by atoms with van der Waals surface area (Å²) in [6.07, 6.45) is 5.88. The van der Waals surface area contributed by atoms with Crippen LogP contribution >= 0.6 is 11.6 Å². The number of hydrogen-bond acceptors (Lipinski definition) is 3. The number of nitrogens with one attached hydrogen (secondary N) is 1. The van der Waals surface area contributed by atoms with Crippen LogP contribution < -0.4 is 5.32 Å². The highest BCUT2D eigenvalue weighted by atomic mass is 35.5. The van der Waals surface area contributed by atoms with Gasteiger partial charge >= 0.3 is 0 Å². The topological polar surface area (TPSA) is 45.2 Å². The lowest BCUT2D eigenvalue weighted by Crippen LogP contribution is -2.33. The lowest BCUT2D eigenvalue weighted by Gasteiger charge is -2.25. The summed E-state index contributed by atoms with van der Waals surface area (Å²) in [6.45, 7) is 1.68. The van der Waals surface area contributed by atoms with Crippen LogP contribution in [0.2, 0.25) is 5.15 Å². The number of anilines is 1. The van der Waals surface area contributed by atoms with E-state index in [1.165, 1.54) is 19.3 Å². The zero-order valence-electron chi connectivity index (χ0n) is 11.3. The molecule has 1 saturated heterocycles. The van der Waals surface area contributed by atoms with E-state index in [-0.39, 0.29) is 5.91 Å². The molecule has 104 valence electrons. The van der Waals surface area contributed by atoms with Gasteiger partial charge in [-0.1, -0.05) is 30.9 Å². The summed E-state index contributed by atoms with van der Waals surface area (Å²) in [5.74, 6) is 0.686. The Bertz CT molecular complexity index is 442. The highest BCUT2D eigenvalue weighted by molar-refractivity contribution is 6.29. The molecule has 2 rings (SSSR count). The highest BCUT2D eigenvalue weighted by Crippen LogP contribution is 2.18. The predicted molar refractivity (Wildman–Crippen MR) is 77.8 cm³/mol. The van der Waals surface area contributed by atoms with Crippen molar-refractivity contribution in [1.29, 1.82) is 0 Å². The molecule has 0 spiro atoms. The van der Waals surface area contributed by atoms with Gasteiger partial charge in [0.05, 0.1) is 0 Å². The Morgan fingerprint density at radius 1 is 1.21 bits per heavy atom. The molecule has 0 unspecified atom stereocenters. The largest absolute Gasteiger partial charge is 0.373 e. The van der Waals surface area contributed by atoms with E-state index in [9.17, 15) is 4.79 Å². The summed E-state index contributed by atoms with van der Waals surface area (Å²) >= 11 is 5.95. The third kappa shape index (κ3) is 3.83. The van der Waals surface area contributed by atoms with Crippen LogP contribution in [0.1, 0.15) is 42.5 Å². The molecule has 19 heavy (non-hydrogen) atoms. The molecule has 0 saturated carbocycles. The minimum atomic E-state index is 0.0581. The van der Waals surface area contributed by atoms with Crippen molar-refractivity contribution in [2.45, 2.75) is 32.1 Å². The van der Waals surface area contributed by atoms with E-state index in [1.54, 1.807) is 19.2 Å². The normalized spacial score (nSPS) is 16.6. The molecule has 2 heterocycles. The second kappa shape index (κ2) is 6.75. The van der Waals surface area contributed by atoms with Gasteiger partial charge in [-0.15, -0.1) is 0 Å². The summed E-state index contributed by atoms with van der Waals surface area (Å²) in [7, 11) is 1.77. The van der Waals surface area contributed by atoms with Gasteiger partial charge in [0.25, 0.3) is 5.91 Å². The number of amides is 1. The lowest BCUT2D eigenvalue weighted by atomic mass is 10.1. The summed E-state index contributed by atoms with van der Waals surface area (Å²) in [5.41, 5.74) is 0.616. The number of halogens is 1. The zero-order valence-corrected chi connectivity index (χ0v) is 12.0. The van der Waals surface area contributed by atoms with Crippen LogP contribution in [0.4, 0.5) is 5.82 Å². The Hall–Kier alpha value is -1.29. The molecule has 0 radical (unpaired) electrons. The fourth-order valence-corrected chi connectivity index (χ4v) is 2.59. The number of likely N-dealkylation sites (tertiary alicyclic amines) is 1. The molecular formula is C14H20ClN3O. The first-order valence-electron chi connectivity index (χ1n) is 6.85. The fourth-order valence-electron chi connectivity index (χ4n) is 2.38. The quantitative estimate of drug-likeness (QED) is 0.847. The summed E-state index contributed by atoms with van der Waals surface area (Å²) in [4.78, 5) is 18.5. The van der Waals surface area contributed by atoms with E-state index in [0.29, 0.717) is 16.5 Å². The molecule has 0 aliphatic carbocycles. The molecule has 1 aliphatic heterocycles. The molecule has 5 heteroatoms. The molecule has 4 nitrogen and oxygen atoms in total. The lowest BCUT2D eigenvalue weighted by molar-refractivity contribution is 0.0742. The van der Waals surface area contributed by atoms with E-state index >= 15 is 0 Å². The third-order valence-electron chi connectivity index (χ3n) is 3.44. The van der Waals surface area contributed by atoms with E-state index in [4.69, 9.17) is 11.6 Å². The average molecular weight is 282 g/mol. The maximum atomic E-state index is 12.5. The number of aromatic nitrogens is 1. The summed E-state index contributed by atoms with van der Waals surface area (Å²) in [6, 6.07) is 3.40. The van der Waals surface area contributed by atoms with Gasteiger partial charge in [-0.25, -0.2) is 4.98 Å². The predicted octanol–water partition coefficient (Wildman–Crippen LogP) is 3.18. The Morgan fingerprint density at radius 3 is 2.47 bits per heavy atom. The van der Waals surface area contributed by atoms with Crippen molar-refractivity contribution in [1.82, 2.24) is 9.88 Å². The van der Waals surface area contributed by atoms with Gasteiger partial charge in [-0.05, 0) is 25.0 Å². The Labute approximate surface area is 119 Å². The van der Waals surface area contributed by atoms with E-state index in [0.717, 1.165) is 25.9 Å².